The molecule has 0 saturated carbocycles. The van der Waals surface area contributed by atoms with Crippen LogP contribution in [-0.4, -0.2) is 56.3 Å². The van der Waals surface area contributed by atoms with Crippen LogP contribution in [0.2, 0.25) is 5.02 Å². The largest absolute Gasteiger partial charge is 0.370 e. The number of hydrogen-bond acceptors (Lipinski definition) is 6. The first-order chi connectivity index (χ1) is 13.0. The fraction of sp³-hybridized carbons (Fsp3) is 0.389. The van der Waals surface area contributed by atoms with Crippen LogP contribution >= 0.6 is 11.6 Å². The van der Waals surface area contributed by atoms with Crippen molar-refractivity contribution in [2.24, 2.45) is 0 Å². The molecule has 1 aromatic carbocycles. The number of fused-ring (bicyclic) bond motifs is 1. The summed E-state index contributed by atoms with van der Waals surface area (Å²) in [6, 6.07) is 3.35. The van der Waals surface area contributed by atoms with Gasteiger partial charge in [-0.3, -0.25) is 0 Å². The summed E-state index contributed by atoms with van der Waals surface area (Å²) in [6.07, 6.45) is 2.01. The molecule has 2 heterocycles. The zero-order valence-corrected chi connectivity index (χ0v) is 17.9. The number of hydrogen-bond donors (Lipinski definition) is 2. The van der Waals surface area contributed by atoms with E-state index in [1.165, 1.54) is 6.07 Å². The van der Waals surface area contributed by atoms with Crippen LogP contribution in [0.25, 0.3) is 5.70 Å². The molecular weight excluding hydrogens is 405 g/mol. The quantitative estimate of drug-likeness (QED) is 0.713. The van der Waals surface area contributed by atoms with Gasteiger partial charge in [-0.2, -0.15) is 0 Å². The lowest BCUT2D eigenvalue weighted by molar-refractivity contribution is 0.351. The zero-order valence-electron chi connectivity index (χ0n) is 16.3. The third kappa shape index (κ3) is 3.49. The normalized spacial score (nSPS) is 19.2. The van der Waals surface area contributed by atoms with Crippen LogP contribution in [0.3, 0.4) is 0 Å². The van der Waals surface area contributed by atoms with Crippen LogP contribution in [0.4, 0.5) is 16.0 Å². The van der Waals surface area contributed by atoms with Gasteiger partial charge in [-0.05, 0) is 52.2 Å². The van der Waals surface area contributed by atoms with Gasteiger partial charge in [-0.1, -0.05) is 11.6 Å². The summed E-state index contributed by atoms with van der Waals surface area (Å²) >= 11 is 5.82. The van der Waals surface area contributed by atoms with Gasteiger partial charge in [0, 0.05) is 19.3 Å². The number of benzene rings is 1. The Morgan fingerprint density at radius 2 is 2.07 bits per heavy atom. The van der Waals surface area contributed by atoms with Crippen molar-refractivity contribution in [3.8, 4) is 0 Å². The maximum Gasteiger partial charge on any atom is 0.214 e. The monoisotopic (exact) mass is 427 g/mol. The molecule has 7 nitrogen and oxygen atoms in total. The van der Waals surface area contributed by atoms with E-state index in [4.69, 9.17) is 11.6 Å². The number of nitrogens with one attached hydrogen (secondary N) is 2. The van der Waals surface area contributed by atoms with Crippen LogP contribution < -0.4 is 10.6 Å². The van der Waals surface area contributed by atoms with Crippen molar-refractivity contribution in [3.05, 3.63) is 35.1 Å². The molecule has 10 heteroatoms. The van der Waals surface area contributed by atoms with Gasteiger partial charge in [-0.15, -0.1) is 5.10 Å². The Bertz CT molecular complexity index is 1060. The van der Waals surface area contributed by atoms with Gasteiger partial charge in [-0.25, -0.2) is 17.5 Å². The molecule has 0 amide bonds. The summed E-state index contributed by atoms with van der Waals surface area (Å²) in [4.78, 5) is 1.90. The van der Waals surface area contributed by atoms with Crippen molar-refractivity contribution >= 4 is 38.8 Å². The summed E-state index contributed by atoms with van der Waals surface area (Å²) < 4.78 is 41.9. The Morgan fingerprint density at radius 3 is 2.64 bits per heavy atom. The van der Waals surface area contributed by atoms with E-state index in [0.29, 0.717) is 12.4 Å². The summed E-state index contributed by atoms with van der Waals surface area (Å²) in [5, 5.41) is 10.3. The molecule has 0 spiro atoms. The van der Waals surface area contributed by atoms with E-state index in [0.717, 1.165) is 17.8 Å². The number of halogens is 2. The van der Waals surface area contributed by atoms with Crippen molar-refractivity contribution in [3.63, 3.8) is 0 Å². The Balaban J connectivity index is 2.21. The minimum atomic E-state index is -4.02. The number of likely N-dealkylation sites (N-methyl/N-ethyl adjacent to an activating group) is 1. The maximum absolute atomic E-state index is 13.5. The molecule has 1 unspecified atom stereocenters. The van der Waals surface area contributed by atoms with Crippen LogP contribution in [0, 0.1) is 5.82 Å². The first-order valence-corrected chi connectivity index (χ1v) is 10.5. The minimum absolute atomic E-state index is 0.00453. The summed E-state index contributed by atoms with van der Waals surface area (Å²) in [6.45, 7) is 4.50. The van der Waals surface area contributed by atoms with E-state index in [2.05, 4.69) is 15.7 Å². The van der Waals surface area contributed by atoms with E-state index in [1.54, 1.807) is 11.7 Å². The van der Waals surface area contributed by atoms with E-state index < -0.39 is 21.2 Å². The van der Waals surface area contributed by atoms with E-state index in [1.807, 2.05) is 38.9 Å². The lowest BCUT2D eigenvalue weighted by atomic mass is 9.98. The van der Waals surface area contributed by atoms with Gasteiger partial charge in [0.15, 0.2) is 16.5 Å². The number of rotatable bonds is 5. The third-order valence-corrected chi connectivity index (χ3v) is 6.55. The molecule has 0 saturated heterocycles. The zero-order chi connectivity index (χ0) is 20.9. The van der Waals surface area contributed by atoms with Crippen molar-refractivity contribution in [2.75, 3.05) is 38.3 Å². The minimum Gasteiger partial charge on any atom is -0.370 e. The number of sulfone groups is 1. The molecule has 28 heavy (non-hydrogen) atoms. The van der Waals surface area contributed by atoms with Crippen molar-refractivity contribution in [2.45, 2.75) is 29.2 Å². The van der Waals surface area contributed by atoms with Gasteiger partial charge in [0.1, 0.15) is 5.82 Å². The first-order valence-electron chi connectivity index (χ1n) is 8.62. The number of nitrogens with zero attached hydrogens (tertiary/aromatic N) is 3. The van der Waals surface area contributed by atoms with E-state index in [-0.39, 0.29) is 20.6 Å². The van der Waals surface area contributed by atoms with Crippen LogP contribution in [0.5, 0.6) is 0 Å². The number of aromatic nitrogens is 2. The van der Waals surface area contributed by atoms with E-state index >= 15 is 0 Å². The summed E-state index contributed by atoms with van der Waals surface area (Å²) in [5.74, 6) is -0.124. The molecule has 0 radical (unpaired) electrons. The third-order valence-electron chi connectivity index (χ3n) is 4.46. The number of anilines is 2. The standard InChI is InChI=1S/C18H23ClFN5O2S/c1-11-9-18(2,10-24(4)5)22-17-15(16(21-3)23-25(11)17)28(26,27)12-6-7-14(20)13(19)8-12/h6-9,22H,10H2,1-5H3,(H,21,23). The SMILES string of the molecule is CNc1nn2c(c1S(=O)(=O)c1ccc(F)c(Cl)c1)NC(C)(CN(C)C)C=C2C. The van der Waals surface area contributed by atoms with Crippen molar-refractivity contribution < 1.29 is 12.8 Å². The second-order valence-corrected chi connectivity index (χ2v) is 9.63. The molecule has 1 atom stereocenters. The smallest absolute Gasteiger partial charge is 0.214 e. The average molecular weight is 428 g/mol. The molecule has 3 rings (SSSR count). The van der Waals surface area contributed by atoms with Crippen molar-refractivity contribution in [1.29, 1.82) is 0 Å². The summed E-state index contributed by atoms with van der Waals surface area (Å²) in [7, 11) is 1.47. The fourth-order valence-electron chi connectivity index (χ4n) is 3.52. The highest BCUT2D eigenvalue weighted by Gasteiger charge is 2.37. The molecule has 0 fully saturated rings. The average Bonchev–Trinajstić information content (AvgIpc) is 2.95. The van der Waals surface area contributed by atoms with Gasteiger partial charge >= 0.3 is 0 Å². The molecule has 2 aromatic rings. The Kier molecular flexibility index (Phi) is 5.20. The molecule has 2 N–H and O–H groups in total. The first kappa shape index (κ1) is 20.6. The highest BCUT2D eigenvalue weighted by Crippen LogP contribution is 2.40. The Morgan fingerprint density at radius 1 is 1.39 bits per heavy atom. The van der Waals surface area contributed by atoms with Crippen LogP contribution in [-0.2, 0) is 9.84 Å². The highest BCUT2D eigenvalue weighted by molar-refractivity contribution is 7.91. The fourth-order valence-corrected chi connectivity index (χ4v) is 5.31. The molecule has 1 aromatic heterocycles. The van der Waals surface area contributed by atoms with Gasteiger partial charge in [0.2, 0.25) is 9.84 Å². The second kappa shape index (κ2) is 7.06. The van der Waals surface area contributed by atoms with Gasteiger partial charge in [0.25, 0.3) is 0 Å². The Hall–Kier alpha value is -2.10. The van der Waals surface area contributed by atoms with Gasteiger partial charge in [0.05, 0.1) is 15.5 Å². The summed E-state index contributed by atoms with van der Waals surface area (Å²) in [5.41, 5.74) is 0.299. The number of allylic oxidation sites excluding steroid dienone is 1. The lowest BCUT2D eigenvalue weighted by Crippen LogP contribution is -2.45. The van der Waals surface area contributed by atoms with E-state index in [9.17, 15) is 12.8 Å². The molecule has 0 bridgehead atoms. The topological polar surface area (TPSA) is 79.3 Å². The molecule has 1 aliphatic heterocycles. The molecule has 1 aliphatic rings. The highest BCUT2D eigenvalue weighted by atomic mass is 35.5. The molecular formula is C18H23ClFN5O2S. The lowest BCUT2D eigenvalue weighted by Gasteiger charge is -2.35. The second-order valence-electron chi connectivity index (χ2n) is 7.33. The molecule has 0 aliphatic carbocycles. The van der Waals surface area contributed by atoms with Crippen molar-refractivity contribution in [1.82, 2.24) is 14.7 Å². The maximum atomic E-state index is 13.5. The van der Waals surface area contributed by atoms with Crippen LogP contribution in [0.1, 0.15) is 13.8 Å². The predicted molar refractivity (Wildman–Crippen MR) is 109 cm³/mol. The Labute approximate surface area is 169 Å². The molecule has 152 valence electrons. The van der Waals surface area contributed by atoms with Gasteiger partial charge < -0.3 is 15.5 Å². The predicted octanol–water partition coefficient (Wildman–Crippen LogP) is 3.16. The van der Waals surface area contributed by atoms with Crippen LogP contribution in [0.15, 0.2) is 34.1 Å².